The van der Waals surface area contributed by atoms with Crippen molar-refractivity contribution >= 4 is 11.3 Å². The maximum absolute atomic E-state index is 3.54. The summed E-state index contributed by atoms with van der Waals surface area (Å²) in [5, 5.41) is 5.69. The van der Waals surface area contributed by atoms with E-state index in [1.54, 1.807) is 11.1 Å². The SMILES string of the molecule is c1csc(CCNCc2ccc3c(c2)CCC3)c1. The molecule has 2 aromatic rings. The molecular weight excluding hydrogens is 238 g/mol. The minimum absolute atomic E-state index is 0.999. The molecule has 1 aliphatic carbocycles. The number of benzene rings is 1. The third-order valence-electron chi connectivity index (χ3n) is 3.62. The second kappa shape index (κ2) is 5.68. The van der Waals surface area contributed by atoms with Gasteiger partial charge in [-0.25, -0.2) is 0 Å². The number of hydrogen-bond acceptors (Lipinski definition) is 2. The maximum atomic E-state index is 3.54. The molecule has 0 radical (unpaired) electrons. The van der Waals surface area contributed by atoms with Gasteiger partial charge in [0.05, 0.1) is 0 Å². The molecule has 0 spiro atoms. The summed E-state index contributed by atoms with van der Waals surface area (Å²) in [5.41, 5.74) is 4.58. The van der Waals surface area contributed by atoms with Crippen molar-refractivity contribution in [2.75, 3.05) is 6.54 Å². The van der Waals surface area contributed by atoms with E-state index >= 15 is 0 Å². The number of aryl methyl sites for hydroxylation is 2. The topological polar surface area (TPSA) is 12.0 Å². The predicted octanol–water partition coefficient (Wildman–Crippen LogP) is 3.57. The molecule has 1 heterocycles. The molecule has 0 atom stereocenters. The van der Waals surface area contributed by atoms with Crippen LogP contribution in [0.4, 0.5) is 0 Å². The van der Waals surface area contributed by atoms with Gasteiger partial charge in [0.2, 0.25) is 0 Å². The molecule has 3 rings (SSSR count). The monoisotopic (exact) mass is 257 g/mol. The molecule has 2 heteroatoms. The van der Waals surface area contributed by atoms with E-state index in [9.17, 15) is 0 Å². The van der Waals surface area contributed by atoms with Crippen LogP contribution in [0, 0.1) is 0 Å². The summed E-state index contributed by atoms with van der Waals surface area (Å²) in [5.74, 6) is 0. The number of nitrogens with one attached hydrogen (secondary N) is 1. The standard InChI is InChI=1S/C16H19NS/c1-3-14-7-6-13(11-15(14)4-1)12-17-9-8-16-5-2-10-18-16/h2,5-7,10-11,17H,1,3-4,8-9,12H2. The fourth-order valence-corrected chi connectivity index (χ4v) is 3.34. The molecule has 0 aliphatic heterocycles. The van der Waals surface area contributed by atoms with Crippen molar-refractivity contribution in [3.63, 3.8) is 0 Å². The first-order valence-electron chi connectivity index (χ1n) is 6.75. The molecule has 0 fully saturated rings. The smallest absolute Gasteiger partial charge is 0.0205 e. The summed E-state index contributed by atoms with van der Waals surface area (Å²) in [6, 6.07) is 11.3. The lowest BCUT2D eigenvalue weighted by Gasteiger charge is -2.06. The third-order valence-corrected chi connectivity index (χ3v) is 4.56. The molecule has 1 nitrogen and oxygen atoms in total. The van der Waals surface area contributed by atoms with E-state index < -0.39 is 0 Å². The predicted molar refractivity (Wildman–Crippen MR) is 78.2 cm³/mol. The summed E-state index contributed by atoms with van der Waals surface area (Å²) >= 11 is 1.85. The fraction of sp³-hybridized carbons (Fsp3) is 0.375. The van der Waals surface area contributed by atoms with E-state index in [-0.39, 0.29) is 0 Å². The molecule has 1 aromatic heterocycles. The van der Waals surface area contributed by atoms with Crippen LogP contribution in [-0.4, -0.2) is 6.54 Å². The molecule has 1 aliphatic rings. The van der Waals surface area contributed by atoms with Crippen LogP contribution in [0.25, 0.3) is 0 Å². The first kappa shape index (κ1) is 11.9. The highest BCUT2D eigenvalue weighted by Crippen LogP contribution is 2.22. The van der Waals surface area contributed by atoms with Gasteiger partial charge >= 0.3 is 0 Å². The van der Waals surface area contributed by atoms with Crippen molar-refractivity contribution in [1.82, 2.24) is 5.32 Å². The molecular formula is C16H19NS. The van der Waals surface area contributed by atoms with Gasteiger partial charge in [-0.2, -0.15) is 0 Å². The van der Waals surface area contributed by atoms with Crippen LogP contribution in [0.3, 0.4) is 0 Å². The van der Waals surface area contributed by atoms with Gasteiger partial charge in [0, 0.05) is 18.0 Å². The van der Waals surface area contributed by atoms with E-state index in [1.165, 1.54) is 29.7 Å². The summed E-state index contributed by atoms with van der Waals surface area (Å²) in [6.07, 6.45) is 5.03. The highest BCUT2D eigenvalue weighted by molar-refractivity contribution is 7.09. The second-order valence-corrected chi connectivity index (χ2v) is 6.00. The number of thiophene rings is 1. The lowest BCUT2D eigenvalue weighted by atomic mass is 10.1. The summed E-state index contributed by atoms with van der Waals surface area (Å²) in [7, 11) is 0. The zero-order valence-corrected chi connectivity index (χ0v) is 11.4. The normalized spacial score (nSPS) is 13.8. The lowest BCUT2D eigenvalue weighted by molar-refractivity contribution is 0.690. The molecule has 0 unspecified atom stereocenters. The van der Waals surface area contributed by atoms with E-state index in [0.717, 1.165) is 19.5 Å². The molecule has 0 saturated heterocycles. The van der Waals surface area contributed by atoms with Gasteiger partial charge in [0.1, 0.15) is 0 Å². The average Bonchev–Trinajstić information content (AvgIpc) is 3.05. The van der Waals surface area contributed by atoms with Gasteiger partial charge in [0.15, 0.2) is 0 Å². The summed E-state index contributed by atoms with van der Waals surface area (Å²) in [6.45, 7) is 2.07. The van der Waals surface area contributed by atoms with Gasteiger partial charge in [-0.05, 0) is 53.8 Å². The Morgan fingerprint density at radius 2 is 2.06 bits per heavy atom. The fourth-order valence-electron chi connectivity index (χ4n) is 2.63. The highest BCUT2D eigenvalue weighted by Gasteiger charge is 2.10. The maximum Gasteiger partial charge on any atom is 0.0205 e. The van der Waals surface area contributed by atoms with Crippen molar-refractivity contribution in [3.8, 4) is 0 Å². The third kappa shape index (κ3) is 2.82. The van der Waals surface area contributed by atoms with Crippen molar-refractivity contribution in [1.29, 1.82) is 0 Å². The van der Waals surface area contributed by atoms with Crippen molar-refractivity contribution in [2.24, 2.45) is 0 Å². The number of rotatable bonds is 5. The summed E-state index contributed by atoms with van der Waals surface area (Å²) in [4.78, 5) is 1.47. The van der Waals surface area contributed by atoms with Crippen LogP contribution >= 0.6 is 11.3 Å². The molecule has 0 saturated carbocycles. The molecule has 1 N–H and O–H groups in total. The zero-order chi connectivity index (χ0) is 12.2. The van der Waals surface area contributed by atoms with Gasteiger partial charge in [-0.15, -0.1) is 11.3 Å². The van der Waals surface area contributed by atoms with Crippen molar-refractivity contribution in [2.45, 2.75) is 32.2 Å². The first-order valence-corrected chi connectivity index (χ1v) is 7.63. The zero-order valence-electron chi connectivity index (χ0n) is 10.6. The Kier molecular flexibility index (Phi) is 3.77. The van der Waals surface area contributed by atoms with Gasteiger partial charge < -0.3 is 5.32 Å². The van der Waals surface area contributed by atoms with Crippen LogP contribution in [0.5, 0.6) is 0 Å². The Labute approximate surface area is 113 Å². The average molecular weight is 257 g/mol. The summed E-state index contributed by atoms with van der Waals surface area (Å²) < 4.78 is 0. The molecule has 94 valence electrons. The van der Waals surface area contributed by atoms with E-state index in [4.69, 9.17) is 0 Å². The van der Waals surface area contributed by atoms with Gasteiger partial charge in [-0.1, -0.05) is 24.3 Å². The van der Waals surface area contributed by atoms with Crippen LogP contribution in [0.15, 0.2) is 35.7 Å². The van der Waals surface area contributed by atoms with Crippen LogP contribution in [-0.2, 0) is 25.8 Å². The number of fused-ring (bicyclic) bond motifs is 1. The Hall–Kier alpha value is -1.12. The van der Waals surface area contributed by atoms with E-state index in [2.05, 4.69) is 41.0 Å². The first-order chi connectivity index (χ1) is 8.92. The Morgan fingerprint density at radius 1 is 1.11 bits per heavy atom. The van der Waals surface area contributed by atoms with E-state index in [0.29, 0.717) is 0 Å². The molecule has 0 amide bonds. The van der Waals surface area contributed by atoms with Gasteiger partial charge in [0.25, 0.3) is 0 Å². The van der Waals surface area contributed by atoms with Gasteiger partial charge in [-0.3, -0.25) is 0 Å². The quantitative estimate of drug-likeness (QED) is 0.807. The largest absolute Gasteiger partial charge is 0.312 e. The second-order valence-electron chi connectivity index (χ2n) is 4.96. The van der Waals surface area contributed by atoms with E-state index in [1.807, 2.05) is 11.3 Å². The van der Waals surface area contributed by atoms with Crippen LogP contribution in [0.2, 0.25) is 0 Å². The minimum Gasteiger partial charge on any atom is -0.312 e. The minimum atomic E-state index is 0.999. The molecule has 18 heavy (non-hydrogen) atoms. The Bertz CT molecular complexity index is 502. The van der Waals surface area contributed by atoms with Crippen LogP contribution in [0.1, 0.15) is 28.0 Å². The Morgan fingerprint density at radius 3 is 2.94 bits per heavy atom. The molecule has 1 aromatic carbocycles. The Balaban J connectivity index is 1.48. The molecule has 0 bridgehead atoms. The number of hydrogen-bond donors (Lipinski definition) is 1. The van der Waals surface area contributed by atoms with Crippen molar-refractivity contribution in [3.05, 3.63) is 57.3 Å². The highest BCUT2D eigenvalue weighted by atomic mass is 32.1. The van der Waals surface area contributed by atoms with Crippen LogP contribution < -0.4 is 5.32 Å². The van der Waals surface area contributed by atoms with Crippen molar-refractivity contribution < 1.29 is 0 Å². The lowest BCUT2D eigenvalue weighted by Crippen LogP contribution is -2.16.